The summed E-state index contributed by atoms with van der Waals surface area (Å²) in [6.45, 7) is 0. The van der Waals surface area contributed by atoms with Gasteiger partial charge in [0.1, 0.15) is 0 Å². The van der Waals surface area contributed by atoms with E-state index >= 15 is 0 Å². The van der Waals surface area contributed by atoms with Crippen molar-refractivity contribution in [2.75, 3.05) is 0 Å². The minimum atomic E-state index is -0.765. The van der Waals surface area contributed by atoms with Gasteiger partial charge in [-0.1, -0.05) is 36.8 Å². The SMILES string of the molecule is O=C(O)[C@@H]1CC[C@H](C(=O)N[C@@H]2CCC[C@H]2c2ccccc2)C1. The van der Waals surface area contributed by atoms with Gasteiger partial charge in [-0.25, -0.2) is 0 Å². The molecule has 2 aliphatic carbocycles. The number of nitrogens with one attached hydrogen (secondary N) is 1. The molecule has 22 heavy (non-hydrogen) atoms. The number of hydrogen-bond donors (Lipinski definition) is 2. The van der Waals surface area contributed by atoms with Crippen molar-refractivity contribution in [1.82, 2.24) is 5.32 Å². The Morgan fingerprint density at radius 3 is 2.41 bits per heavy atom. The van der Waals surface area contributed by atoms with Crippen molar-refractivity contribution < 1.29 is 14.7 Å². The molecule has 0 aromatic heterocycles. The zero-order chi connectivity index (χ0) is 15.5. The van der Waals surface area contributed by atoms with Crippen molar-refractivity contribution in [3.05, 3.63) is 35.9 Å². The van der Waals surface area contributed by atoms with Gasteiger partial charge in [0.2, 0.25) is 5.91 Å². The number of hydrogen-bond acceptors (Lipinski definition) is 2. The van der Waals surface area contributed by atoms with E-state index in [0.717, 1.165) is 19.3 Å². The fourth-order valence-corrected chi connectivity index (χ4v) is 3.98. The normalized spacial score (nSPS) is 31.1. The first-order valence-electron chi connectivity index (χ1n) is 8.23. The Morgan fingerprint density at radius 1 is 1.00 bits per heavy atom. The van der Waals surface area contributed by atoms with Crippen LogP contribution in [0.25, 0.3) is 0 Å². The molecule has 0 saturated heterocycles. The molecule has 2 aliphatic rings. The monoisotopic (exact) mass is 301 g/mol. The smallest absolute Gasteiger partial charge is 0.306 e. The third-order valence-electron chi connectivity index (χ3n) is 5.22. The average Bonchev–Trinajstić information content (AvgIpc) is 3.17. The molecular formula is C18H23NO3. The number of carboxylic acids is 1. The highest BCUT2D eigenvalue weighted by Gasteiger charge is 2.36. The lowest BCUT2D eigenvalue weighted by atomic mass is 9.93. The molecule has 2 saturated carbocycles. The van der Waals surface area contributed by atoms with Crippen molar-refractivity contribution in [3.8, 4) is 0 Å². The molecule has 0 aliphatic heterocycles. The van der Waals surface area contributed by atoms with Crippen LogP contribution < -0.4 is 5.32 Å². The minimum Gasteiger partial charge on any atom is -0.481 e. The maximum Gasteiger partial charge on any atom is 0.306 e. The van der Waals surface area contributed by atoms with Gasteiger partial charge in [0, 0.05) is 17.9 Å². The fraction of sp³-hybridized carbons (Fsp3) is 0.556. The third-order valence-corrected chi connectivity index (χ3v) is 5.22. The molecule has 2 N–H and O–H groups in total. The van der Waals surface area contributed by atoms with E-state index < -0.39 is 5.97 Å². The van der Waals surface area contributed by atoms with Crippen LogP contribution in [0.2, 0.25) is 0 Å². The molecule has 0 spiro atoms. The van der Waals surface area contributed by atoms with E-state index in [2.05, 4.69) is 17.4 Å². The zero-order valence-electron chi connectivity index (χ0n) is 12.7. The minimum absolute atomic E-state index is 0.0524. The highest BCUT2D eigenvalue weighted by Crippen LogP contribution is 2.36. The first kappa shape index (κ1) is 15.1. The van der Waals surface area contributed by atoms with Gasteiger partial charge in [0.15, 0.2) is 0 Å². The quantitative estimate of drug-likeness (QED) is 0.898. The lowest BCUT2D eigenvalue weighted by molar-refractivity contribution is -0.141. The number of benzene rings is 1. The maximum absolute atomic E-state index is 12.4. The second-order valence-electron chi connectivity index (χ2n) is 6.61. The molecule has 4 heteroatoms. The Balaban J connectivity index is 1.60. The van der Waals surface area contributed by atoms with Crippen LogP contribution in [0.5, 0.6) is 0 Å². The number of carbonyl (C=O) groups excluding carboxylic acids is 1. The Hall–Kier alpha value is -1.84. The first-order chi connectivity index (χ1) is 10.6. The van der Waals surface area contributed by atoms with E-state index in [1.54, 1.807) is 0 Å². The van der Waals surface area contributed by atoms with E-state index in [-0.39, 0.29) is 23.8 Å². The summed E-state index contributed by atoms with van der Waals surface area (Å²) in [4.78, 5) is 23.5. The molecule has 118 valence electrons. The van der Waals surface area contributed by atoms with E-state index in [9.17, 15) is 9.59 Å². The largest absolute Gasteiger partial charge is 0.481 e. The van der Waals surface area contributed by atoms with Gasteiger partial charge in [-0.2, -0.15) is 0 Å². The maximum atomic E-state index is 12.4. The fourth-order valence-electron chi connectivity index (χ4n) is 3.98. The Bertz CT molecular complexity index is 543. The number of carboxylic acid groups (broad SMARTS) is 1. The van der Waals surface area contributed by atoms with Crippen LogP contribution in [0.1, 0.15) is 50.0 Å². The first-order valence-corrected chi connectivity index (χ1v) is 8.23. The second-order valence-corrected chi connectivity index (χ2v) is 6.61. The lowest BCUT2D eigenvalue weighted by Gasteiger charge is -2.23. The summed E-state index contributed by atoms with van der Waals surface area (Å²) in [5.74, 6) is -0.792. The van der Waals surface area contributed by atoms with E-state index in [1.165, 1.54) is 5.56 Å². The van der Waals surface area contributed by atoms with Crippen LogP contribution in [0.4, 0.5) is 0 Å². The molecule has 3 rings (SSSR count). The van der Waals surface area contributed by atoms with Crippen molar-refractivity contribution >= 4 is 11.9 Å². The summed E-state index contributed by atoms with van der Waals surface area (Å²) in [6.07, 6.45) is 5.07. The van der Waals surface area contributed by atoms with Crippen LogP contribution in [-0.4, -0.2) is 23.0 Å². The highest BCUT2D eigenvalue weighted by molar-refractivity contribution is 5.81. The summed E-state index contributed by atoms with van der Waals surface area (Å²) in [5, 5.41) is 12.3. The molecule has 0 bridgehead atoms. The predicted octanol–water partition coefficient (Wildman–Crippen LogP) is 2.94. The summed E-state index contributed by atoms with van der Waals surface area (Å²) < 4.78 is 0. The standard InChI is InChI=1S/C18H23NO3/c20-17(13-9-10-14(11-13)18(21)22)19-16-8-4-7-15(16)12-5-2-1-3-6-12/h1-3,5-6,13-16H,4,7-11H2,(H,19,20)(H,21,22)/t13-,14+,15-,16+/m0/s1. The van der Waals surface area contributed by atoms with Crippen LogP contribution in [0.15, 0.2) is 30.3 Å². The van der Waals surface area contributed by atoms with E-state index in [1.807, 2.05) is 18.2 Å². The summed E-state index contributed by atoms with van der Waals surface area (Å²) in [7, 11) is 0. The number of carbonyl (C=O) groups is 2. The van der Waals surface area contributed by atoms with Crippen LogP contribution in [-0.2, 0) is 9.59 Å². The van der Waals surface area contributed by atoms with Gasteiger partial charge in [-0.3, -0.25) is 9.59 Å². The second kappa shape index (κ2) is 6.51. The number of aliphatic carboxylic acids is 1. The molecule has 0 heterocycles. The topological polar surface area (TPSA) is 66.4 Å². The summed E-state index contributed by atoms with van der Waals surface area (Å²) >= 11 is 0. The van der Waals surface area contributed by atoms with Gasteiger partial charge >= 0.3 is 5.97 Å². The van der Waals surface area contributed by atoms with Crippen molar-refractivity contribution in [2.45, 2.75) is 50.5 Å². The third kappa shape index (κ3) is 3.16. The van der Waals surface area contributed by atoms with Gasteiger partial charge in [-0.15, -0.1) is 0 Å². The lowest BCUT2D eigenvalue weighted by Crippen LogP contribution is -2.39. The van der Waals surface area contributed by atoms with Gasteiger partial charge < -0.3 is 10.4 Å². The van der Waals surface area contributed by atoms with Gasteiger partial charge in [0.05, 0.1) is 5.92 Å². The molecule has 4 nitrogen and oxygen atoms in total. The Morgan fingerprint density at radius 2 is 1.73 bits per heavy atom. The molecule has 0 unspecified atom stereocenters. The van der Waals surface area contributed by atoms with Gasteiger partial charge in [0.25, 0.3) is 0 Å². The molecular weight excluding hydrogens is 278 g/mol. The van der Waals surface area contributed by atoms with Crippen LogP contribution in [0.3, 0.4) is 0 Å². The molecule has 1 aromatic rings. The molecule has 4 atom stereocenters. The van der Waals surface area contributed by atoms with Crippen LogP contribution in [0, 0.1) is 11.8 Å². The molecule has 1 amide bonds. The van der Waals surface area contributed by atoms with Crippen molar-refractivity contribution in [1.29, 1.82) is 0 Å². The molecule has 0 radical (unpaired) electrons. The predicted molar refractivity (Wildman–Crippen MR) is 83.4 cm³/mol. The number of amides is 1. The molecule has 1 aromatic carbocycles. The number of rotatable bonds is 4. The average molecular weight is 301 g/mol. The summed E-state index contributed by atoms with van der Waals surface area (Å²) in [5.41, 5.74) is 1.29. The van der Waals surface area contributed by atoms with Crippen molar-refractivity contribution in [2.24, 2.45) is 11.8 Å². The van der Waals surface area contributed by atoms with E-state index in [0.29, 0.717) is 25.2 Å². The Kier molecular flexibility index (Phi) is 4.46. The van der Waals surface area contributed by atoms with Gasteiger partial charge in [-0.05, 0) is 37.7 Å². The van der Waals surface area contributed by atoms with E-state index in [4.69, 9.17) is 5.11 Å². The van der Waals surface area contributed by atoms with Crippen LogP contribution >= 0.6 is 0 Å². The summed E-state index contributed by atoms with van der Waals surface area (Å²) in [6, 6.07) is 10.5. The Labute approximate surface area is 130 Å². The van der Waals surface area contributed by atoms with Crippen molar-refractivity contribution in [3.63, 3.8) is 0 Å². The molecule has 2 fully saturated rings. The zero-order valence-corrected chi connectivity index (χ0v) is 12.7. The highest BCUT2D eigenvalue weighted by atomic mass is 16.4.